The number of hydrogen-bond donors (Lipinski definition) is 0. The lowest BCUT2D eigenvalue weighted by Gasteiger charge is -2.41. The fraction of sp³-hybridized carbons (Fsp3) is 0.833. The molecule has 2 saturated heterocycles. The number of carbonyl (C=O) groups is 1. The van der Waals surface area contributed by atoms with Crippen molar-refractivity contribution in [2.45, 2.75) is 70.9 Å². The molecule has 0 bridgehead atoms. The van der Waals surface area contributed by atoms with E-state index in [0.29, 0.717) is 12.1 Å². The van der Waals surface area contributed by atoms with Crippen LogP contribution < -0.4 is 0 Å². The predicted octanol–water partition coefficient (Wildman–Crippen LogP) is 2.27. The summed E-state index contributed by atoms with van der Waals surface area (Å²) in [6, 6.07) is 1.15. The summed E-state index contributed by atoms with van der Waals surface area (Å²) in [5, 5.41) is 8.69. The summed E-state index contributed by atoms with van der Waals surface area (Å²) in [4.78, 5) is 16.1. The fourth-order valence-corrected chi connectivity index (χ4v) is 4.03. The number of rotatable bonds is 5. The van der Waals surface area contributed by atoms with Crippen molar-refractivity contribution in [1.82, 2.24) is 24.8 Å². The third-order valence-electron chi connectivity index (χ3n) is 5.64. The Labute approximate surface area is 145 Å². The SMILES string of the molecule is CCCCc1cn(C2CCN(C3CCN(C(C)=O)CC3)CC2)nn1. The maximum atomic E-state index is 11.4. The zero-order valence-corrected chi connectivity index (χ0v) is 15.2. The van der Waals surface area contributed by atoms with Gasteiger partial charge in [-0.15, -0.1) is 5.10 Å². The number of unbranched alkanes of at least 4 members (excludes halogenated alkanes) is 1. The lowest BCUT2D eigenvalue weighted by Crippen LogP contribution is -2.48. The molecule has 1 amide bonds. The van der Waals surface area contributed by atoms with Gasteiger partial charge in [-0.2, -0.15) is 0 Å². The quantitative estimate of drug-likeness (QED) is 0.829. The first-order valence-electron chi connectivity index (χ1n) is 9.57. The van der Waals surface area contributed by atoms with Crippen LogP contribution in [-0.4, -0.2) is 62.9 Å². The van der Waals surface area contributed by atoms with Gasteiger partial charge < -0.3 is 9.80 Å². The van der Waals surface area contributed by atoms with Crippen LogP contribution in [0.3, 0.4) is 0 Å². The zero-order valence-electron chi connectivity index (χ0n) is 15.2. The normalized spacial score (nSPS) is 21.3. The molecule has 3 rings (SSSR count). The first kappa shape index (κ1) is 17.4. The van der Waals surface area contributed by atoms with Crippen molar-refractivity contribution in [3.05, 3.63) is 11.9 Å². The topological polar surface area (TPSA) is 54.3 Å². The number of amides is 1. The molecule has 6 nitrogen and oxygen atoms in total. The number of carbonyl (C=O) groups excluding carboxylic acids is 1. The number of aryl methyl sites for hydroxylation is 1. The third kappa shape index (κ3) is 4.15. The highest BCUT2D eigenvalue weighted by Gasteiger charge is 2.29. The summed E-state index contributed by atoms with van der Waals surface area (Å²) in [6.07, 6.45) is 10.1. The molecule has 0 unspecified atom stereocenters. The average molecular weight is 333 g/mol. The molecule has 6 heteroatoms. The molecule has 0 radical (unpaired) electrons. The van der Waals surface area contributed by atoms with E-state index in [4.69, 9.17) is 0 Å². The van der Waals surface area contributed by atoms with Crippen molar-refractivity contribution in [2.24, 2.45) is 0 Å². The summed E-state index contributed by atoms with van der Waals surface area (Å²) in [5.41, 5.74) is 1.14. The number of piperidine rings is 2. The Morgan fingerprint density at radius 3 is 2.42 bits per heavy atom. The van der Waals surface area contributed by atoms with Crippen LogP contribution in [0.5, 0.6) is 0 Å². The standard InChI is InChI=1S/C18H31N5O/c1-3-4-5-16-14-23(20-19-16)18-8-12-22(13-9-18)17-6-10-21(11-7-17)15(2)24/h14,17-18H,3-13H2,1-2H3. The van der Waals surface area contributed by atoms with Crippen molar-refractivity contribution in [3.63, 3.8) is 0 Å². The molecule has 2 aliphatic rings. The zero-order chi connectivity index (χ0) is 16.9. The van der Waals surface area contributed by atoms with E-state index in [1.807, 2.05) is 4.90 Å². The molecule has 0 aliphatic carbocycles. The van der Waals surface area contributed by atoms with Crippen molar-refractivity contribution in [3.8, 4) is 0 Å². The van der Waals surface area contributed by atoms with Crippen LogP contribution in [0.4, 0.5) is 0 Å². The molecule has 2 fully saturated rings. The summed E-state index contributed by atoms with van der Waals surface area (Å²) in [6.45, 7) is 8.01. The van der Waals surface area contributed by atoms with Gasteiger partial charge in [0.05, 0.1) is 11.7 Å². The van der Waals surface area contributed by atoms with Gasteiger partial charge in [0, 0.05) is 45.3 Å². The summed E-state index contributed by atoms with van der Waals surface area (Å²) in [7, 11) is 0. The van der Waals surface area contributed by atoms with Crippen LogP contribution in [0.1, 0.15) is 64.1 Å². The molecule has 0 spiro atoms. The van der Waals surface area contributed by atoms with Crippen molar-refractivity contribution in [1.29, 1.82) is 0 Å². The van der Waals surface area contributed by atoms with Crippen LogP contribution in [0, 0.1) is 0 Å². The van der Waals surface area contributed by atoms with E-state index in [0.717, 1.165) is 64.0 Å². The van der Waals surface area contributed by atoms with Crippen LogP contribution in [0.25, 0.3) is 0 Å². The molecule has 1 aromatic heterocycles. The van der Waals surface area contributed by atoms with E-state index in [1.165, 1.54) is 12.8 Å². The van der Waals surface area contributed by atoms with Gasteiger partial charge in [-0.25, -0.2) is 4.68 Å². The molecule has 0 N–H and O–H groups in total. The van der Waals surface area contributed by atoms with Gasteiger partial charge in [-0.1, -0.05) is 18.6 Å². The largest absolute Gasteiger partial charge is 0.343 e. The number of hydrogen-bond acceptors (Lipinski definition) is 4. The van der Waals surface area contributed by atoms with Crippen molar-refractivity contribution >= 4 is 5.91 Å². The smallest absolute Gasteiger partial charge is 0.219 e. The van der Waals surface area contributed by atoms with E-state index in [9.17, 15) is 4.79 Å². The monoisotopic (exact) mass is 333 g/mol. The number of nitrogens with zero attached hydrogens (tertiary/aromatic N) is 5. The second kappa shape index (κ2) is 8.10. The lowest BCUT2D eigenvalue weighted by atomic mass is 9.98. The van der Waals surface area contributed by atoms with Crippen LogP contribution in [0.15, 0.2) is 6.20 Å². The third-order valence-corrected chi connectivity index (χ3v) is 5.64. The molecule has 2 aliphatic heterocycles. The Bertz CT molecular complexity index is 527. The van der Waals surface area contributed by atoms with E-state index in [1.54, 1.807) is 6.92 Å². The van der Waals surface area contributed by atoms with Crippen molar-refractivity contribution < 1.29 is 4.79 Å². The number of aromatic nitrogens is 3. The van der Waals surface area contributed by atoms with E-state index in [2.05, 4.69) is 33.0 Å². The summed E-state index contributed by atoms with van der Waals surface area (Å²) in [5.74, 6) is 0.220. The summed E-state index contributed by atoms with van der Waals surface area (Å²) >= 11 is 0. The maximum Gasteiger partial charge on any atom is 0.219 e. The lowest BCUT2D eigenvalue weighted by molar-refractivity contribution is -0.130. The molecule has 3 heterocycles. The predicted molar refractivity (Wildman–Crippen MR) is 93.8 cm³/mol. The molecule has 1 aromatic rings. The van der Waals surface area contributed by atoms with Gasteiger partial charge >= 0.3 is 0 Å². The van der Waals surface area contributed by atoms with Crippen LogP contribution in [0.2, 0.25) is 0 Å². The molecule has 0 saturated carbocycles. The molecule has 134 valence electrons. The van der Waals surface area contributed by atoms with Gasteiger partial charge in [-0.05, 0) is 38.5 Å². The minimum Gasteiger partial charge on any atom is -0.343 e. The Kier molecular flexibility index (Phi) is 5.87. The molecule has 0 aromatic carbocycles. The van der Waals surface area contributed by atoms with Gasteiger partial charge in [0.2, 0.25) is 5.91 Å². The van der Waals surface area contributed by atoms with Gasteiger partial charge in [0.1, 0.15) is 0 Å². The first-order valence-corrected chi connectivity index (χ1v) is 9.57. The van der Waals surface area contributed by atoms with Crippen LogP contribution in [-0.2, 0) is 11.2 Å². The van der Waals surface area contributed by atoms with Crippen LogP contribution >= 0.6 is 0 Å². The second-order valence-electron chi connectivity index (χ2n) is 7.30. The highest BCUT2D eigenvalue weighted by molar-refractivity contribution is 5.73. The minimum atomic E-state index is 0.220. The maximum absolute atomic E-state index is 11.4. The van der Waals surface area contributed by atoms with Gasteiger partial charge in [0.15, 0.2) is 0 Å². The van der Waals surface area contributed by atoms with E-state index in [-0.39, 0.29) is 5.91 Å². The Morgan fingerprint density at radius 1 is 1.12 bits per heavy atom. The first-order chi connectivity index (χ1) is 11.7. The Morgan fingerprint density at radius 2 is 1.79 bits per heavy atom. The van der Waals surface area contributed by atoms with E-state index < -0.39 is 0 Å². The molecular weight excluding hydrogens is 302 g/mol. The molecule has 0 atom stereocenters. The van der Waals surface area contributed by atoms with Gasteiger partial charge in [-0.3, -0.25) is 4.79 Å². The molecule has 24 heavy (non-hydrogen) atoms. The van der Waals surface area contributed by atoms with Gasteiger partial charge in [0.25, 0.3) is 0 Å². The second-order valence-corrected chi connectivity index (χ2v) is 7.30. The average Bonchev–Trinajstić information content (AvgIpc) is 3.09. The Balaban J connectivity index is 1.46. The fourth-order valence-electron chi connectivity index (χ4n) is 4.03. The minimum absolute atomic E-state index is 0.220. The number of likely N-dealkylation sites (tertiary alicyclic amines) is 2. The molecular formula is C18H31N5O. The highest BCUT2D eigenvalue weighted by atomic mass is 16.2. The Hall–Kier alpha value is -1.43. The van der Waals surface area contributed by atoms with Crippen molar-refractivity contribution in [2.75, 3.05) is 26.2 Å². The summed E-state index contributed by atoms with van der Waals surface area (Å²) < 4.78 is 2.10. The van der Waals surface area contributed by atoms with E-state index >= 15 is 0 Å². The highest BCUT2D eigenvalue weighted by Crippen LogP contribution is 2.26.